The number of carbonyl (C=O) groups excluding carboxylic acids is 1. The summed E-state index contributed by atoms with van der Waals surface area (Å²) < 4.78 is 0. The third kappa shape index (κ3) is 1.64. The zero-order valence-electron chi connectivity index (χ0n) is 13.1. The quantitative estimate of drug-likeness (QED) is 0.612. The summed E-state index contributed by atoms with van der Waals surface area (Å²) in [6.45, 7) is 5.05. The van der Waals surface area contributed by atoms with Gasteiger partial charge in [-0.1, -0.05) is 25.8 Å². The van der Waals surface area contributed by atoms with Crippen molar-refractivity contribution in [3.8, 4) is 0 Å². The Morgan fingerprint density at radius 3 is 2.70 bits per heavy atom. The minimum atomic E-state index is 0.362. The fraction of sp³-hybridized carbons (Fsp3) is 0.842. The van der Waals surface area contributed by atoms with E-state index in [4.69, 9.17) is 0 Å². The molecule has 4 aliphatic rings. The van der Waals surface area contributed by atoms with Gasteiger partial charge in [0.2, 0.25) is 0 Å². The highest BCUT2D eigenvalue weighted by atomic mass is 16.1. The Bertz CT molecular complexity index is 476. The molecule has 1 unspecified atom stereocenters. The van der Waals surface area contributed by atoms with Crippen LogP contribution in [0.15, 0.2) is 11.6 Å². The number of fused-ring (bicyclic) bond motifs is 5. The van der Waals surface area contributed by atoms with E-state index < -0.39 is 0 Å². The molecule has 20 heavy (non-hydrogen) atoms. The van der Waals surface area contributed by atoms with E-state index in [0.29, 0.717) is 16.6 Å². The van der Waals surface area contributed by atoms with Crippen LogP contribution >= 0.6 is 0 Å². The Labute approximate surface area is 123 Å². The zero-order chi connectivity index (χ0) is 14.0. The second kappa shape index (κ2) is 4.21. The van der Waals surface area contributed by atoms with Gasteiger partial charge < -0.3 is 0 Å². The number of allylic oxidation sites excluding steroid dienone is 1. The van der Waals surface area contributed by atoms with Gasteiger partial charge in [0.15, 0.2) is 5.78 Å². The maximum absolute atomic E-state index is 11.8. The van der Waals surface area contributed by atoms with Gasteiger partial charge in [0.25, 0.3) is 0 Å². The van der Waals surface area contributed by atoms with E-state index in [1.807, 2.05) is 6.08 Å². The lowest BCUT2D eigenvalue weighted by Gasteiger charge is -2.57. The van der Waals surface area contributed by atoms with Gasteiger partial charge >= 0.3 is 0 Å². The highest BCUT2D eigenvalue weighted by Crippen LogP contribution is 2.65. The molecule has 3 fully saturated rings. The molecule has 1 heteroatoms. The Hall–Kier alpha value is -0.590. The Morgan fingerprint density at radius 2 is 1.85 bits per heavy atom. The molecule has 0 aromatic rings. The molecule has 1 nitrogen and oxygen atoms in total. The molecule has 0 saturated heterocycles. The molecule has 5 atom stereocenters. The van der Waals surface area contributed by atoms with Crippen molar-refractivity contribution in [1.82, 2.24) is 0 Å². The third-order valence-corrected chi connectivity index (χ3v) is 7.74. The van der Waals surface area contributed by atoms with Crippen molar-refractivity contribution in [3.63, 3.8) is 0 Å². The average Bonchev–Trinajstić information content (AvgIpc) is 2.81. The van der Waals surface area contributed by atoms with Crippen molar-refractivity contribution in [2.24, 2.45) is 28.6 Å². The molecular formula is C19H28O. The van der Waals surface area contributed by atoms with E-state index in [2.05, 4.69) is 13.8 Å². The summed E-state index contributed by atoms with van der Waals surface area (Å²) in [5.74, 6) is 3.19. The van der Waals surface area contributed by atoms with Gasteiger partial charge in [-0.05, 0) is 79.6 Å². The summed E-state index contributed by atoms with van der Waals surface area (Å²) in [5.41, 5.74) is 2.53. The standard InChI is InChI=1S/C19H28O/c1-18-9-3-4-16(18)15-6-5-13-12-14(20)7-11-19(13,2)17(15)8-10-18/h12,15-17H,3-11H2,1-2H3/t15?,16-,17-,18-,19-/m0/s1. The smallest absolute Gasteiger partial charge is 0.155 e. The summed E-state index contributed by atoms with van der Waals surface area (Å²) in [6.07, 6.45) is 13.8. The second-order valence-corrected chi connectivity index (χ2v) is 8.55. The number of ketones is 1. The van der Waals surface area contributed by atoms with Crippen LogP contribution in [-0.4, -0.2) is 5.78 Å². The van der Waals surface area contributed by atoms with Crippen LogP contribution in [0.4, 0.5) is 0 Å². The van der Waals surface area contributed by atoms with E-state index in [9.17, 15) is 4.79 Å². The SMILES string of the molecule is C[C@@]12CCC[C@H]1C1CCC3=CC(=O)CC[C@]3(C)[C@H]1CC2. The first kappa shape index (κ1) is 13.1. The third-order valence-electron chi connectivity index (χ3n) is 7.74. The lowest BCUT2D eigenvalue weighted by Crippen LogP contribution is -2.49. The molecule has 110 valence electrons. The van der Waals surface area contributed by atoms with E-state index >= 15 is 0 Å². The normalized spacial score (nSPS) is 51.0. The van der Waals surface area contributed by atoms with E-state index in [0.717, 1.165) is 30.6 Å². The lowest BCUT2D eigenvalue weighted by molar-refractivity contribution is -0.117. The molecule has 0 aromatic heterocycles. The number of hydrogen-bond donors (Lipinski definition) is 0. The monoisotopic (exact) mass is 272 g/mol. The van der Waals surface area contributed by atoms with Crippen LogP contribution < -0.4 is 0 Å². The fourth-order valence-corrected chi connectivity index (χ4v) is 6.55. The van der Waals surface area contributed by atoms with E-state index in [1.54, 1.807) is 0 Å². The number of carbonyl (C=O) groups is 1. The minimum absolute atomic E-state index is 0.362. The van der Waals surface area contributed by atoms with Crippen LogP contribution in [0, 0.1) is 28.6 Å². The summed E-state index contributed by atoms with van der Waals surface area (Å²) >= 11 is 0. The highest BCUT2D eigenvalue weighted by Gasteiger charge is 2.55. The molecule has 0 N–H and O–H groups in total. The summed E-state index contributed by atoms with van der Waals surface area (Å²) in [5, 5.41) is 0. The summed E-state index contributed by atoms with van der Waals surface area (Å²) in [6, 6.07) is 0. The molecule has 0 heterocycles. The first-order valence-electron chi connectivity index (χ1n) is 8.77. The molecule has 0 amide bonds. The van der Waals surface area contributed by atoms with E-state index in [1.165, 1.54) is 50.5 Å². The van der Waals surface area contributed by atoms with Crippen molar-refractivity contribution in [1.29, 1.82) is 0 Å². The van der Waals surface area contributed by atoms with Crippen molar-refractivity contribution in [2.75, 3.05) is 0 Å². The van der Waals surface area contributed by atoms with Crippen LogP contribution in [-0.2, 0) is 4.79 Å². The Morgan fingerprint density at radius 1 is 1.00 bits per heavy atom. The predicted octanol–water partition coefficient (Wildman–Crippen LogP) is 4.91. The molecule has 0 aromatic carbocycles. The second-order valence-electron chi connectivity index (χ2n) is 8.55. The van der Waals surface area contributed by atoms with Gasteiger partial charge in [0, 0.05) is 6.42 Å². The van der Waals surface area contributed by atoms with Gasteiger partial charge in [-0.3, -0.25) is 4.79 Å². The minimum Gasteiger partial charge on any atom is -0.295 e. The lowest BCUT2D eigenvalue weighted by atomic mass is 9.47. The molecule has 0 spiro atoms. The predicted molar refractivity (Wildman–Crippen MR) is 81.3 cm³/mol. The maximum Gasteiger partial charge on any atom is 0.155 e. The van der Waals surface area contributed by atoms with Crippen LogP contribution in [0.5, 0.6) is 0 Å². The number of rotatable bonds is 0. The molecule has 4 aliphatic carbocycles. The Kier molecular flexibility index (Phi) is 2.76. The first-order chi connectivity index (χ1) is 9.53. The average molecular weight is 272 g/mol. The van der Waals surface area contributed by atoms with E-state index in [-0.39, 0.29) is 0 Å². The van der Waals surface area contributed by atoms with Gasteiger partial charge in [-0.15, -0.1) is 0 Å². The molecule has 0 radical (unpaired) electrons. The summed E-state index contributed by atoms with van der Waals surface area (Å²) in [4.78, 5) is 11.8. The molecule has 0 aliphatic heterocycles. The largest absolute Gasteiger partial charge is 0.295 e. The van der Waals surface area contributed by atoms with Crippen LogP contribution in [0.1, 0.15) is 71.6 Å². The van der Waals surface area contributed by atoms with Gasteiger partial charge in [-0.2, -0.15) is 0 Å². The van der Waals surface area contributed by atoms with Crippen LogP contribution in [0.3, 0.4) is 0 Å². The molecular weight excluding hydrogens is 244 g/mol. The molecule has 0 bridgehead atoms. The fourth-order valence-electron chi connectivity index (χ4n) is 6.55. The van der Waals surface area contributed by atoms with Crippen molar-refractivity contribution >= 4 is 5.78 Å². The Balaban J connectivity index is 1.69. The van der Waals surface area contributed by atoms with Crippen LogP contribution in [0.2, 0.25) is 0 Å². The first-order valence-corrected chi connectivity index (χ1v) is 8.77. The van der Waals surface area contributed by atoms with Gasteiger partial charge in [0.1, 0.15) is 0 Å². The van der Waals surface area contributed by atoms with Crippen molar-refractivity contribution in [2.45, 2.75) is 71.6 Å². The highest BCUT2D eigenvalue weighted by molar-refractivity contribution is 5.91. The van der Waals surface area contributed by atoms with Gasteiger partial charge in [0.05, 0.1) is 0 Å². The van der Waals surface area contributed by atoms with Crippen LogP contribution in [0.25, 0.3) is 0 Å². The number of hydrogen-bond acceptors (Lipinski definition) is 1. The molecule has 3 saturated carbocycles. The maximum atomic E-state index is 11.8. The van der Waals surface area contributed by atoms with Crippen molar-refractivity contribution < 1.29 is 4.79 Å². The zero-order valence-corrected chi connectivity index (χ0v) is 13.1. The topological polar surface area (TPSA) is 17.1 Å². The molecule has 4 rings (SSSR count). The van der Waals surface area contributed by atoms with Crippen molar-refractivity contribution in [3.05, 3.63) is 11.6 Å². The summed E-state index contributed by atoms with van der Waals surface area (Å²) in [7, 11) is 0. The van der Waals surface area contributed by atoms with Gasteiger partial charge in [-0.25, -0.2) is 0 Å².